The second-order valence-corrected chi connectivity index (χ2v) is 3.93. The number of methoxy groups -OCH3 is 1. The second-order valence-electron chi connectivity index (χ2n) is 3.93. The molecule has 1 aromatic carbocycles. The summed E-state index contributed by atoms with van der Waals surface area (Å²) in [5, 5.41) is 13.0. The largest absolute Gasteiger partial charge is 0.494 e. The lowest BCUT2D eigenvalue weighted by molar-refractivity contribution is -0.136. The van der Waals surface area contributed by atoms with E-state index in [0.29, 0.717) is 11.4 Å². The molecule has 0 radical (unpaired) electrons. The molecule has 2 aromatic rings. The second kappa shape index (κ2) is 4.91. The Morgan fingerprint density at radius 3 is 2.83 bits per heavy atom. The number of carbonyl (C=O) groups is 1. The zero-order valence-electron chi connectivity index (χ0n) is 10.3. The van der Waals surface area contributed by atoms with Gasteiger partial charge in [-0.3, -0.25) is 4.79 Å². The van der Waals surface area contributed by atoms with E-state index in [2.05, 4.69) is 5.10 Å². The Hall–Kier alpha value is -2.30. The van der Waals surface area contributed by atoms with Gasteiger partial charge in [-0.05, 0) is 25.1 Å². The van der Waals surface area contributed by atoms with E-state index in [-0.39, 0.29) is 6.42 Å². The number of carboxylic acid groups (broad SMARTS) is 1. The van der Waals surface area contributed by atoms with Crippen molar-refractivity contribution in [3.8, 4) is 11.4 Å². The van der Waals surface area contributed by atoms with Crippen LogP contribution in [0.4, 0.5) is 0 Å². The van der Waals surface area contributed by atoms with Crippen molar-refractivity contribution in [2.45, 2.75) is 13.3 Å². The summed E-state index contributed by atoms with van der Waals surface area (Å²) < 4.78 is 6.96. The SMILES string of the molecule is COc1ccccc1-n1nc(CC(=O)O)cc1C. The lowest BCUT2D eigenvalue weighted by Gasteiger charge is -2.09. The number of rotatable bonds is 4. The van der Waals surface area contributed by atoms with Crippen LogP contribution in [0.5, 0.6) is 5.75 Å². The van der Waals surface area contributed by atoms with Crippen LogP contribution in [0, 0.1) is 6.92 Å². The molecule has 0 atom stereocenters. The topological polar surface area (TPSA) is 64.4 Å². The molecule has 0 unspecified atom stereocenters. The molecule has 1 aromatic heterocycles. The van der Waals surface area contributed by atoms with Crippen LogP contribution in [-0.4, -0.2) is 28.0 Å². The third kappa shape index (κ3) is 2.34. The Morgan fingerprint density at radius 2 is 2.17 bits per heavy atom. The Labute approximate surface area is 105 Å². The van der Waals surface area contributed by atoms with Crippen LogP contribution in [0.15, 0.2) is 30.3 Å². The van der Waals surface area contributed by atoms with Gasteiger partial charge in [-0.1, -0.05) is 12.1 Å². The average molecular weight is 246 g/mol. The fourth-order valence-electron chi connectivity index (χ4n) is 1.83. The van der Waals surface area contributed by atoms with Crippen LogP contribution in [0.25, 0.3) is 5.69 Å². The number of carboxylic acids is 1. The van der Waals surface area contributed by atoms with Crippen LogP contribution in [-0.2, 0) is 11.2 Å². The summed E-state index contributed by atoms with van der Waals surface area (Å²) in [5.74, 6) is -0.190. The van der Waals surface area contributed by atoms with Crippen molar-refractivity contribution in [3.63, 3.8) is 0 Å². The molecule has 1 heterocycles. The molecule has 0 fully saturated rings. The maximum Gasteiger partial charge on any atom is 0.309 e. The van der Waals surface area contributed by atoms with Crippen LogP contribution >= 0.6 is 0 Å². The highest BCUT2D eigenvalue weighted by Gasteiger charge is 2.11. The minimum absolute atomic E-state index is 0.0804. The fraction of sp³-hybridized carbons (Fsp3) is 0.231. The summed E-state index contributed by atoms with van der Waals surface area (Å²) in [6, 6.07) is 9.24. The van der Waals surface area contributed by atoms with Gasteiger partial charge in [-0.2, -0.15) is 5.10 Å². The van der Waals surface area contributed by atoms with Crippen LogP contribution in [0.2, 0.25) is 0 Å². The van der Waals surface area contributed by atoms with E-state index in [4.69, 9.17) is 9.84 Å². The van der Waals surface area contributed by atoms with Gasteiger partial charge in [0.2, 0.25) is 0 Å². The maximum atomic E-state index is 10.7. The molecule has 5 nitrogen and oxygen atoms in total. The molecule has 0 aliphatic heterocycles. The molecule has 5 heteroatoms. The first-order valence-corrected chi connectivity index (χ1v) is 5.52. The van der Waals surface area contributed by atoms with E-state index in [0.717, 1.165) is 11.4 Å². The molecule has 2 rings (SSSR count). The van der Waals surface area contributed by atoms with Crippen LogP contribution < -0.4 is 4.74 Å². The summed E-state index contributed by atoms with van der Waals surface area (Å²) in [7, 11) is 1.59. The predicted octanol–water partition coefficient (Wildman–Crippen LogP) is 1.82. The Kier molecular flexibility index (Phi) is 3.32. The molecule has 18 heavy (non-hydrogen) atoms. The molecular formula is C13H14N2O3. The number of aliphatic carboxylic acids is 1. The van der Waals surface area contributed by atoms with E-state index in [9.17, 15) is 4.79 Å². The van der Waals surface area contributed by atoms with Crippen molar-refractivity contribution >= 4 is 5.97 Å². The summed E-state index contributed by atoms with van der Waals surface area (Å²) in [4.78, 5) is 10.7. The molecule has 1 N–H and O–H groups in total. The first kappa shape index (κ1) is 12.2. The minimum atomic E-state index is -0.889. The van der Waals surface area contributed by atoms with E-state index >= 15 is 0 Å². The number of benzene rings is 1. The zero-order chi connectivity index (χ0) is 13.1. The highest BCUT2D eigenvalue weighted by Crippen LogP contribution is 2.23. The number of aryl methyl sites for hydroxylation is 1. The quantitative estimate of drug-likeness (QED) is 0.893. The van der Waals surface area contributed by atoms with Crippen molar-refractivity contribution in [1.29, 1.82) is 0 Å². The van der Waals surface area contributed by atoms with E-state index in [1.807, 2.05) is 31.2 Å². The highest BCUT2D eigenvalue weighted by molar-refractivity contribution is 5.69. The monoisotopic (exact) mass is 246 g/mol. The first-order chi connectivity index (χ1) is 8.61. The first-order valence-electron chi connectivity index (χ1n) is 5.52. The third-order valence-electron chi connectivity index (χ3n) is 2.58. The van der Waals surface area contributed by atoms with E-state index < -0.39 is 5.97 Å². The van der Waals surface area contributed by atoms with Crippen molar-refractivity contribution < 1.29 is 14.6 Å². The van der Waals surface area contributed by atoms with E-state index in [1.54, 1.807) is 17.9 Å². The van der Waals surface area contributed by atoms with E-state index in [1.165, 1.54) is 0 Å². The number of hydrogen-bond donors (Lipinski definition) is 1. The minimum Gasteiger partial charge on any atom is -0.494 e. The molecule has 0 spiro atoms. The van der Waals surface area contributed by atoms with Gasteiger partial charge >= 0.3 is 5.97 Å². The van der Waals surface area contributed by atoms with Gasteiger partial charge in [-0.25, -0.2) is 4.68 Å². The molecule has 0 aliphatic carbocycles. The van der Waals surface area contributed by atoms with Gasteiger partial charge in [0.1, 0.15) is 11.4 Å². The number of hydrogen-bond acceptors (Lipinski definition) is 3. The number of nitrogens with zero attached hydrogens (tertiary/aromatic N) is 2. The van der Waals surface area contributed by atoms with Crippen LogP contribution in [0.3, 0.4) is 0 Å². The summed E-state index contributed by atoms with van der Waals surface area (Å²) in [6.07, 6.45) is -0.0804. The van der Waals surface area contributed by atoms with Gasteiger partial charge in [0, 0.05) is 5.69 Å². The van der Waals surface area contributed by atoms with Crippen LogP contribution in [0.1, 0.15) is 11.4 Å². The Bertz CT molecular complexity index is 575. The molecule has 0 amide bonds. The number of para-hydroxylation sites is 2. The summed E-state index contributed by atoms with van der Waals surface area (Å²) >= 11 is 0. The third-order valence-corrected chi connectivity index (χ3v) is 2.58. The van der Waals surface area contributed by atoms with Gasteiger partial charge in [0.15, 0.2) is 0 Å². The Balaban J connectivity index is 2.44. The van der Waals surface area contributed by atoms with Gasteiger partial charge in [0.25, 0.3) is 0 Å². The zero-order valence-corrected chi connectivity index (χ0v) is 10.3. The molecular weight excluding hydrogens is 232 g/mol. The van der Waals surface area contributed by atoms with Crippen molar-refractivity contribution in [2.24, 2.45) is 0 Å². The molecule has 0 aliphatic rings. The van der Waals surface area contributed by atoms with Crippen molar-refractivity contribution in [3.05, 3.63) is 41.7 Å². The maximum absolute atomic E-state index is 10.7. The predicted molar refractivity (Wildman–Crippen MR) is 66.2 cm³/mol. The molecule has 0 bridgehead atoms. The van der Waals surface area contributed by atoms with Gasteiger partial charge in [-0.15, -0.1) is 0 Å². The standard InChI is InChI=1S/C13H14N2O3/c1-9-7-10(8-13(16)17)14-15(9)11-5-3-4-6-12(11)18-2/h3-7H,8H2,1-2H3,(H,16,17). The smallest absolute Gasteiger partial charge is 0.309 e. The number of aromatic nitrogens is 2. The lowest BCUT2D eigenvalue weighted by atomic mass is 10.3. The Morgan fingerprint density at radius 1 is 1.44 bits per heavy atom. The molecule has 94 valence electrons. The van der Waals surface area contributed by atoms with Crippen molar-refractivity contribution in [1.82, 2.24) is 9.78 Å². The van der Waals surface area contributed by atoms with Gasteiger partial charge < -0.3 is 9.84 Å². The number of ether oxygens (including phenoxy) is 1. The summed E-state index contributed by atoms with van der Waals surface area (Å²) in [5.41, 5.74) is 2.20. The fourth-order valence-corrected chi connectivity index (χ4v) is 1.83. The molecule has 0 saturated heterocycles. The summed E-state index contributed by atoms with van der Waals surface area (Å²) in [6.45, 7) is 1.88. The van der Waals surface area contributed by atoms with Crippen molar-refractivity contribution in [2.75, 3.05) is 7.11 Å². The van der Waals surface area contributed by atoms with Gasteiger partial charge in [0.05, 0.1) is 19.2 Å². The lowest BCUT2D eigenvalue weighted by Crippen LogP contribution is -2.04. The highest BCUT2D eigenvalue weighted by atomic mass is 16.5. The molecule has 0 saturated carbocycles. The average Bonchev–Trinajstić information content (AvgIpc) is 2.69. The normalized spacial score (nSPS) is 10.3.